The molecular weight excluding hydrogens is 291 g/mol. The van der Waals surface area contributed by atoms with E-state index in [1.165, 1.54) is 12.1 Å². The molecular formula is C18H29FN4. The Balaban J connectivity index is 2.30. The largest absolute Gasteiger partial charge is 0.355 e. The van der Waals surface area contributed by atoms with Crippen LogP contribution in [0.3, 0.4) is 0 Å². The molecule has 0 aromatic heterocycles. The summed E-state index contributed by atoms with van der Waals surface area (Å²) < 4.78 is 12.9. The van der Waals surface area contributed by atoms with Gasteiger partial charge in [0.1, 0.15) is 5.82 Å². The predicted molar refractivity (Wildman–Crippen MR) is 96.2 cm³/mol. The van der Waals surface area contributed by atoms with Crippen LogP contribution >= 0.6 is 0 Å². The molecule has 0 fully saturated rings. The first-order chi connectivity index (χ1) is 11.1. The third-order valence-corrected chi connectivity index (χ3v) is 3.62. The lowest BCUT2D eigenvalue weighted by molar-refractivity contribution is 0.328. The molecule has 0 saturated heterocycles. The van der Waals surface area contributed by atoms with E-state index < -0.39 is 0 Å². The lowest BCUT2D eigenvalue weighted by atomic mass is 10.2. The number of likely N-dealkylation sites (N-methyl/N-ethyl adjacent to an activating group) is 1. The summed E-state index contributed by atoms with van der Waals surface area (Å²) in [7, 11) is 5.90. The van der Waals surface area contributed by atoms with E-state index in [9.17, 15) is 4.39 Å². The fourth-order valence-electron chi connectivity index (χ4n) is 2.30. The van der Waals surface area contributed by atoms with Gasteiger partial charge in [-0.05, 0) is 37.6 Å². The Morgan fingerprint density at radius 2 is 1.96 bits per heavy atom. The van der Waals surface area contributed by atoms with Gasteiger partial charge in [-0.3, -0.25) is 4.99 Å². The highest BCUT2D eigenvalue weighted by Gasteiger charge is 2.06. The van der Waals surface area contributed by atoms with E-state index in [-0.39, 0.29) is 5.82 Å². The fourth-order valence-corrected chi connectivity index (χ4v) is 2.30. The number of unbranched alkanes of at least 4 members (excludes halogenated alkanes) is 1. The molecule has 0 saturated carbocycles. The number of guanidine groups is 1. The van der Waals surface area contributed by atoms with Crippen molar-refractivity contribution in [3.8, 4) is 0 Å². The third kappa shape index (κ3) is 7.79. The molecule has 23 heavy (non-hydrogen) atoms. The number of benzene rings is 1. The minimum Gasteiger partial charge on any atom is -0.355 e. The van der Waals surface area contributed by atoms with Crippen LogP contribution in [0.25, 0.3) is 0 Å². The maximum Gasteiger partial charge on any atom is 0.193 e. The average Bonchev–Trinajstić information content (AvgIpc) is 2.54. The number of hydrogen-bond acceptors (Lipinski definition) is 2. The van der Waals surface area contributed by atoms with Crippen LogP contribution in [0.4, 0.5) is 4.39 Å². The van der Waals surface area contributed by atoms with Gasteiger partial charge in [0.15, 0.2) is 5.96 Å². The molecule has 4 nitrogen and oxygen atoms in total. The quantitative estimate of drug-likeness (QED) is 0.328. The van der Waals surface area contributed by atoms with Crippen molar-refractivity contribution in [1.82, 2.24) is 15.1 Å². The number of hydrogen-bond donors (Lipinski definition) is 1. The minimum atomic E-state index is -0.193. The molecule has 0 bridgehead atoms. The molecule has 1 aromatic rings. The highest BCUT2D eigenvalue weighted by atomic mass is 19.1. The molecule has 1 rings (SSSR count). The molecule has 1 N–H and O–H groups in total. The maximum absolute atomic E-state index is 12.9. The summed E-state index contributed by atoms with van der Waals surface area (Å²) in [6, 6.07) is 6.65. The smallest absolute Gasteiger partial charge is 0.193 e. The highest BCUT2D eigenvalue weighted by molar-refractivity contribution is 5.79. The fraction of sp³-hybridized carbons (Fsp3) is 0.500. The van der Waals surface area contributed by atoms with Gasteiger partial charge in [-0.15, -0.1) is 6.58 Å². The predicted octanol–water partition coefficient (Wildman–Crippen LogP) is 2.73. The van der Waals surface area contributed by atoms with Gasteiger partial charge < -0.3 is 15.1 Å². The molecule has 0 amide bonds. The first kappa shape index (κ1) is 19.2. The van der Waals surface area contributed by atoms with Crippen molar-refractivity contribution in [1.29, 1.82) is 0 Å². The van der Waals surface area contributed by atoms with E-state index in [1.54, 1.807) is 7.05 Å². The Kier molecular flexibility index (Phi) is 8.98. The van der Waals surface area contributed by atoms with Crippen LogP contribution in [0.15, 0.2) is 41.9 Å². The summed E-state index contributed by atoms with van der Waals surface area (Å²) in [6.45, 7) is 7.20. The summed E-state index contributed by atoms with van der Waals surface area (Å²) in [5.41, 5.74) is 1.11. The van der Waals surface area contributed by atoms with Crippen molar-refractivity contribution in [3.63, 3.8) is 0 Å². The standard InChI is InChI=1S/C18H29FN4/c1-5-6-7-13-23(4)18(20-2)21-12-14-22(3)15-16-8-10-17(19)11-9-16/h5,8-11H,1,6-7,12-15H2,2-4H3,(H,20,21). The zero-order chi connectivity index (χ0) is 17.1. The summed E-state index contributed by atoms with van der Waals surface area (Å²) >= 11 is 0. The molecule has 1 aromatic carbocycles. The lowest BCUT2D eigenvalue weighted by Crippen LogP contribution is -2.42. The summed E-state index contributed by atoms with van der Waals surface area (Å²) in [6.07, 6.45) is 4.03. The number of halogens is 1. The second-order valence-corrected chi connectivity index (χ2v) is 5.69. The summed E-state index contributed by atoms with van der Waals surface area (Å²) in [5, 5.41) is 3.37. The normalized spacial score (nSPS) is 11.6. The van der Waals surface area contributed by atoms with E-state index >= 15 is 0 Å². The molecule has 0 unspecified atom stereocenters. The van der Waals surface area contributed by atoms with Crippen LogP contribution in [0.5, 0.6) is 0 Å². The monoisotopic (exact) mass is 320 g/mol. The molecule has 0 heterocycles. The molecule has 0 radical (unpaired) electrons. The molecule has 5 heteroatoms. The third-order valence-electron chi connectivity index (χ3n) is 3.62. The van der Waals surface area contributed by atoms with E-state index in [4.69, 9.17) is 0 Å². The second kappa shape index (κ2) is 10.8. The molecule has 0 aliphatic carbocycles. The average molecular weight is 320 g/mol. The van der Waals surface area contributed by atoms with E-state index in [1.807, 2.05) is 25.3 Å². The molecule has 128 valence electrons. The van der Waals surface area contributed by atoms with Gasteiger partial charge in [0.25, 0.3) is 0 Å². The van der Waals surface area contributed by atoms with Crippen LogP contribution in [0, 0.1) is 5.82 Å². The van der Waals surface area contributed by atoms with Gasteiger partial charge in [0.05, 0.1) is 0 Å². The van der Waals surface area contributed by atoms with Crippen LogP contribution < -0.4 is 5.32 Å². The Labute approximate surface area is 139 Å². The SMILES string of the molecule is C=CCCCN(C)C(=NC)NCCN(C)Cc1ccc(F)cc1. The van der Waals surface area contributed by atoms with Crippen molar-refractivity contribution in [2.45, 2.75) is 19.4 Å². The van der Waals surface area contributed by atoms with E-state index in [2.05, 4.69) is 33.7 Å². The van der Waals surface area contributed by atoms with E-state index in [0.717, 1.165) is 50.5 Å². The summed E-state index contributed by atoms with van der Waals surface area (Å²) in [5.74, 6) is 0.714. The zero-order valence-electron chi connectivity index (χ0n) is 14.6. The Morgan fingerprint density at radius 1 is 1.26 bits per heavy atom. The maximum atomic E-state index is 12.9. The van der Waals surface area contributed by atoms with Crippen LogP contribution in [-0.2, 0) is 6.54 Å². The number of nitrogens with zero attached hydrogens (tertiary/aromatic N) is 3. The van der Waals surface area contributed by atoms with Gasteiger partial charge in [-0.1, -0.05) is 18.2 Å². The van der Waals surface area contributed by atoms with Crippen molar-refractivity contribution < 1.29 is 4.39 Å². The van der Waals surface area contributed by atoms with Crippen molar-refractivity contribution in [2.75, 3.05) is 40.8 Å². The van der Waals surface area contributed by atoms with Crippen molar-refractivity contribution in [2.24, 2.45) is 4.99 Å². The van der Waals surface area contributed by atoms with Crippen LogP contribution in [-0.4, -0.2) is 56.5 Å². The molecule has 0 aliphatic heterocycles. The van der Waals surface area contributed by atoms with Crippen LogP contribution in [0.1, 0.15) is 18.4 Å². The minimum absolute atomic E-state index is 0.193. The van der Waals surface area contributed by atoms with Gasteiger partial charge >= 0.3 is 0 Å². The second-order valence-electron chi connectivity index (χ2n) is 5.69. The van der Waals surface area contributed by atoms with E-state index in [0.29, 0.717) is 0 Å². The highest BCUT2D eigenvalue weighted by Crippen LogP contribution is 2.05. The summed E-state index contributed by atoms with van der Waals surface area (Å²) in [4.78, 5) is 8.63. The first-order valence-electron chi connectivity index (χ1n) is 8.02. The Morgan fingerprint density at radius 3 is 2.57 bits per heavy atom. The molecule has 0 spiro atoms. The number of aliphatic imine (C=N–C) groups is 1. The first-order valence-corrected chi connectivity index (χ1v) is 8.02. The van der Waals surface area contributed by atoms with Gasteiger partial charge in [-0.25, -0.2) is 4.39 Å². The van der Waals surface area contributed by atoms with Crippen molar-refractivity contribution in [3.05, 3.63) is 48.3 Å². The van der Waals surface area contributed by atoms with Gasteiger partial charge in [0, 0.05) is 40.3 Å². The van der Waals surface area contributed by atoms with Crippen molar-refractivity contribution >= 4 is 5.96 Å². The lowest BCUT2D eigenvalue weighted by Gasteiger charge is -2.23. The molecule has 0 aliphatic rings. The van der Waals surface area contributed by atoms with Gasteiger partial charge in [0.2, 0.25) is 0 Å². The topological polar surface area (TPSA) is 30.9 Å². The Bertz CT molecular complexity index is 484. The van der Waals surface area contributed by atoms with Crippen LogP contribution in [0.2, 0.25) is 0 Å². The molecule has 0 atom stereocenters. The Hall–Kier alpha value is -1.88. The van der Waals surface area contributed by atoms with Gasteiger partial charge in [-0.2, -0.15) is 0 Å². The number of rotatable bonds is 9. The zero-order valence-corrected chi connectivity index (χ0v) is 14.6. The number of nitrogens with one attached hydrogen (secondary N) is 1. The number of allylic oxidation sites excluding steroid dienone is 1.